The second-order valence-corrected chi connectivity index (χ2v) is 6.11. The molecule has 0 unspecified atom stereocenters. The van der Waals surface area contributed by atoms with Gasteiger partial charge in [-0.2, -0.15) is 0 Å². The van der Waals surface area contributed by atoms with Crippen molar-refractivity contribution in [3.05, 3.63) is 35.1 Å². The van der Waals surface area contributed by atoms with Crippen LogP contribution >= 0.6 is 0 Å². The highest BCUT2D eigenvalue weighted by Gasteiger charge is 2.05. The molecular formula is C12H17FN2O3S. The molecule has 0 atom stereocenters. The zero-order valence-electron chi connectivity index (χ0n) is 10.9. The Morgan fingerprint density at radius 1 is 1.37 bits per heavy atom. The van der Waals surface area contributed by atoms with Crippen molar-refractivity contribution in [1.82, 2.24) is 10.0 Å². The lowest BCUT2D eigenvalue weighted by molar-refractivity contribution is -0.121. The number of hydrogen-bond acceptors (Lipinski definition) is 3. The van der Waals surface area contributed by atoms with Crippen LogP contribution in [0, 0.1) is 12.7 Å². The Balaban J connectivity index is 2.36. The summed E-state index contributed by atoms with van der Waals surface area (Å²) in [6, 6.07) is 4.60. The molecule has 1 amide bonds. The van der Waals surface area contributed by atoms with Gasteiger partial charge < -0.3 is 5.32 Å². The second kappa shape index (κ2) is 6.63. The van der Waals surface area contributed by atoms with Gasteiger partial charge in [0, 0.05) is 19.5 Å². The molecule has 0 aliphatic heterocycles. The summed E-state index contributed by atoms with van der Waals surface area (Å²) in [4.78, 5) is 11.4. The van der Waals surface area contributed by atoms with Crippen LogP contribution in [-0.4, -0.2) is 27.1 Å². The third kappa shape index (κ3) is 6.30. The molecule has 0 aromatic heterocycles. The first-order chi connectivity index (χ1) is 8.78. The molecule has 0 aliphatic rings. The molecule has 0 saturated heterocycles. The van der Waals surface area contributed by atoms with Gasteiger partial charge >= 0.3 is 0 Å². The number of carbonyl (C=O) groups excluding carboxylic acids is 1. The topological polar surface area (TPSA) is 75.3 Å². The Morgan fingerprint density at radius 3 is 2.63 bits per heavy atom. The Labute approximate surface area is 112 Å². The van der Waals surface area contributed by atoms with Gasteiger partial charge in [0.1, 0.15) is 5.82 Å². The van der Waals surface area contributed by atoms with Crippen molar-refractivity contribution >= 4 is 15.9 Å². The summed E-state index contributed by atoms with van der Waals surface area (Å²) in [5.41, 5.74) is 1.31. The van der Waals surface area contributed by atoms with Crippen LogP contribution in [0.5, 0.6) is 0 Å². The SMILES string of the molecule is Cc1cc(CNC(=O)CCNS(C)(=O)=O)ccc1F. The summed E-state index contributed by atoms with van der Waals surface area (Å²) in [5.74, 6) is -0.550. The summed E-state index contributed by atoms with van der Waals surface area (Å²) in [5, 5.41) is 2.64. The van der Waals surface area contributed by atoms with Crippen LogP contribution in [0.25, 0.3) is 0 Å². The number of carbonyl (C=O) groups is 1. The van der Waals surface area contributed by atoms with Crippen molar-refractivity contribution in [3.63, 3.8) is 0 Å². The molecule has 0 bridgehead atoms. The van der Waals surface area contributed by atoms with Crippen LogP contribution in [-0.2, 0) is 21.4 Å². The minimum atomic E-state index is -3.27. The van der Waals surface area contributed by atoms with E-state index in [-0.39, 0.29) is 24.7 Å². The highest BCUT2D eigenvalue weighted by atomic mass is 32.2. The lowest BCUT2D eigenvalue weighted by Gasteiger charge is -2.07. The molecule has 0 aliphatic carbocycles. The third-order valence-electron chi connectivity index (χ3n) is 2.43. The van der Waals surface area contributed by atoms with Crippen molar-refractivity contribution in [3.8, 4) is 0 Å². The molecule has 0 heterocycles. The van der Waals surface area contributed by atoms with Crippen LogP contribution in [0.3, 0.4) is 0 Å². The lowest BCUT2D eigenvalue weighted by Crippen LogP contribution is -2.29. The van der Waals surface area contributed by atoms with Crippen LogP contribution < -0.4 is 10.0 Å². The molecule has 19 heavy (non-hydrogen) atoms. The normalized spacial score (nSPS) is 11.3. The average Bonchev–Trinajstić information content (AvgIpc) is 2.29. The lowest BCUT2D eigenvalue weighted by atomic mass is 10.1. The van der Waals surface area contributed by atoms with Gasteiger partial charge in [0.05, 0.1) is 6.26 Å². The number of benzene rings is 1. The third-order valence-corrected chi connectivity index (χ3v) is 3.16. The number of hydrogen-bond donors (Lipinski definition) is 2. The van der Waals surface area contributed by atoms with Gasteiger partial charge in [-0.05, 0) is 24.1 Å². The van der Waals surface area contributed by atoms with E-state index in [0.29, 0.717) is 12.1 Å². The first-order valence-electron chi connectivity index (χ1n) is 5.74. The van der Waals surface area contributed by atoms with Gasteiger partial charge in [0.25, 0.3) is 0 Å². The maximum Gasteiger partial charge on any atom is 0.221 e. The summed E-state index contributed by atoms with van der Waals surface area (Å²) < 4.78 is 36.8. The van der Waals surface area contributed by atoms with E-state index in [2.05, 4.69) is 10.0 Å². The van der Waals surface area contributed by atoms with Crippen LogP contribution in [0.15, 0.2) is 18.2 Å². The first kappa shape index (κ1) is 15.6. The van der Waals surface area contributed by atoms with E-state index in [1.807, 2.05) is 0 Å². The summed E-state index contributed by atoms with van der Waals surface area (Å²) >= 11 is 0. The van der Waals surface area contributed by atoms with Crippen molar-refractivity contribution in [2.75, 3.05) is 12.8 Å². The highest BCUT2D eigenvalue weighted by Crippen LogP contribution is 2.08. The van der Waals surface area contributed by atoms with Crippen molar-refractivity contribution in [2.24, 2.45) is 0 Å². The largest absolute Gasteiger partial charge is 0.352 e. The van der Waals surface area contributed by atoms with Gasteiger partial charge in [-0.15, -0.1) is 0 Å². The minimum Gasteiger partial charge on any atom is -0.352 e. The molecule has 1 aromatic carbocycles. The molecule has 0 fully saturated rings. The predicted octanol–water partition coefficient (Wildman–Crippen LogP) is 0.690. The fraction of sp³-hybridized carbons (Fsp3) is 0.417. The Kier molecular flexibility index (Phi) is 5.44. The molecule has 0 radical (unpaired) electrons. The number of amides is 1. The van der Waals surface area contributed by atoms with Crippen LogP contribution in [0.1, 0.15) is 17.5 Å². The van der Waals surface area contributed by atoms with E-state index < -0.39 is 10.0 Å². The van der Waals surface area contributed by atoms with Gasteiger partial charge in [-0.1, -0.05) is 12.1 Å². The Morgan fingerprint density at radius 2 is 2.05 bits per heavy atom. The predicted molar refractivity (Wildman–Crippen MR) is 70.4 cm³/mol. The summed E-state index contributed by atoms with van der Waals surface area (Å²) in [6.45, 7) is 2.00. The van der Waals surface area contributed by atoms with Crippen LogP contribution in [0.4, 0.5) is 4.39 Å². The first-order valence-corrected chi connectivity index (χ1v) is 7.63. The minimum absolute atomic E-state index is 0.0626. The Hall–Kier alpha value is -1.47. The summed E-state index contributed by atoms with van der Waals surface area (Å²) in [7, 11) is -3.27. The standard InChI is InChI=1S/C12H17FN2O3S/c1-9-7-10(3-4-11(9)13)8-14-12(16)5-6-15-19(2,17)18/h3-4,7,15H,5-6,8H2,1-2H3,(H,14,16). The Bertz CT molecular complexity index is 558. The van der Waals surface area contributed by atoms with E-state index >= 15 is 0 Å². The van der Waals surface area contributed by atoms with E-state index in [1.54, 1.807) is 19.1 Å². The zero-order valence-corrected chi connectivity index (χ0v) is 11.7. The quantitative estimate of drug-likeness (QED) is 0.808. The molecular weight excluding hydrogens is 271 g/mol. The molecule has 1 rings (SSSR count). The van der Waals surface area contributed by atoms with E-state index in [1.165, 1.54) is 6.07 Å². The van der Waals surface area contributed by atoms with Gasteiger partial charge in [-0.25, -0.2) is 17.5 Å². The van der Waals surface area contributed by atoms with Crippen molar-refractivity contribution < 1.29 is 17.6 Å². The zero-order chi connectivity index (χ0) is 14.5. The van der Waals surface area contributed by atoms with E-state index in [0.717, 1.165) is 11.8 Å². The monoisotopic (exact) mass is 288 g/mol. The molecule has 0 saturated carbocycles. The number of rotatable bonds is 6. The summed E-state index contributed by atoms with van der Waals surface area (Å²) in [6.07, 6.45) is 1.10. The van der Waals surface area contributed by atoms with Gasteiger partial charge in [-0.3, -0.25) is 4.79 Å². The van der Waals surface area contributed by atoms with E-state index in [4.69, 9.17) is 0 Å². The number of aryl methyl sites for hydroxylation is 1. The number of nitrogens with one attached hydrogen (secondary N) is 2. The number of halogens is 1. The number of sulfonamides is 1. The molecule has 7 heteroatoms. The van der Waals surface area contributed by atoms with E-state index in [9.17, 15) is 17.6 Å². The molecule has 2 N–H and O–H groups in total. The van der Waals surface area contributed by atoms with Crippen molar-refractivity contribution in [1.29, 1.82) is 0 Å². The van der Waals surface area contributed by atoms with Crippen LogP contribution in [0.2, 0.25) is 0 Å². The fourth-order valence-electron chi connectivity index (χ4n) is 1.46. The van der Waals surface area contributed by atoms with Gasteiger partial charge in [0.2, 0.25) is 15.9 Å². The maximum atomic E-state index is 13.0. The molecule has 0 spiro atoms. The highest BCUT2D eigenvalue weighted by molar-refractivity contribution is 7.88. The second-order valence-electron chi connectivity index (χ2n) is 4.28. The average molecular weight is 288 g/mol. The smallest absolute Gasteiger partial charge is 0.221 e. The van der Waals surface area contributed by atoms with Crippen molar-refractivity contribution in [2.45, 2.75) is 19.9 Å². The molecule has 106 valence electrons. The molecule has 1 aromatic rings. The van der Waals surface area contributed by atoms with Gasteiger partial charge in [0.15, 0.2) is 0 Å². The fourth-order valence-corrected chi connectivity index (χ4v) is 1.93. The maximum absolute atomic E-state index is 13.0. The molecule has 5 nitrogen and oxygen atoms in total.